The minimum atomic E-state index is -4.87. The monoisotopic (exact) mass is 281 g/mol. The molecule has 5 nitrogen and oxygen atoms in total. The number of amides is 1. The number of ether oxygens (including phenoxy) is 3. The zero-order valence-corrected chi connectivity index (χ0v) is 10.4. The van der Waals surface area contributed by atoms with E-state index in [1.54, 1.807) is 13.8 Å². The minimum Gasteiger partial charge on any atom is -0.344 e. The molecule has 0 saturated carbocycles. The first kappa shape index (κ1) is 13.1. The zero-order valence-electron chi connectivity index (χ0n) is 10.4. The third-order valence-electron chi connectivity index (χ3n) is 3.63. The highest BCUT2D eigenvalue weighted by atomic mass is 19.4. The fraction of sp³-hybridized carbons (Fsp3) is 0.909. The van der Waals surface area contributed by atoms with E-state index < -0.39 is 42.4 Å². The van der Waals surface area contributed by atoms with Crippen molar-refractivity contribution in [1.82, 2.24) is 4.90 Å². The predicted molar refractivity (Wildman–Crippen MR) is 54.9 cm³/mol. The number of halogens is 3. The van der Waals surface area contributed by atoms with Gasteiger partial charge in [-0.25, -0.2) is 0 Å². The molecule has 0 aliphatic carbocycles. The third-order valence-corrected chi connectivity index (χ3v) is 3.63. The van der Waals surface area contributed by atoms with Crippen molar-refractivity contribution in [2.24, 2.45) is 0 Å². The Hall–Kier alpha value is -0.860. The van der Waals surface area contributed by atoms with Gasteiger partial charge in [-0.3, -0.25) is 4.79 Å². The summed E-state index contributed by atoms with van der Waals surface area (Å²) in [5.74, 6) is -2.74. The lowest BCUT2D eigenvalue weighted by molar-refractivity contribution is -0.209. The van der Waals surface area contributed by atoms with Gasteiger partial charge in [0.2, 0.25) is 0 Å². The molecule has 0 radical (unpaired) electrons. The summed E-state index contributed by atoms with van der Waals surface area (Å²) < 4.78 is 54.2. The van der Waals surface area contributed by atoms with Gasteiger partial charge >= 0.3 is 12.1 Å². The number of carbonyl (C=O) groups is 1. The molecule has 3 aliphatic rings. The molecule has 3 saturated heterocycles. The SMILES string of the molecule is CC1(C)O[C@H]2O[C@@H]3CCN(C(=O)C(F)(F)F)[C@@H]3[C@H]2O1. The molecule has 0 spiro atoms. The first-order valence-corrected chi connectivity index (χ1v) is 6.08. The number of hydrogen-bond donors (Lipinski definition) is 0. The van der Waals surface area contributed by atoms with Crippen LogP contribution in [0.5, 0.6) is 0 Å². The fourth-order valence-electron chi connectivity index (χ4n) is 2.99. The van der Waals surface area contributed by atoms with Crippen molar-refractivity contribution in [1.29, 1.82) is 0 Å². The number of fused-ring (bicyclic) bond motifs is 3. The van der Waals surface area contributed by atoms with Crippen LogP contribution in [0.15, 0.2) is 0 Å². The van der Waals surface area contributed by atoms with Crippen molar-refractivity contribution in [2.45, 2.75) is 56.8 Å². The number of rotatable bonds is 0. The highest BCUT2D eigenvalue weighted by molar-refractivity contribution is 5.82. The lowest BCUT2D eigenvalue weighted by Crippen LogP contribution is -2.50. The van der Waals surface area contributed by atoms with Crippen LogP contribution in [0.3, 0.4) is 0 Å². The van der Waals surface area contributed by atoms with Gasteiger partial charge in [0, 0.05) is 6.54 Å². The van der Waals surface area contributed by atoms with Crippen LogP contribution in [0, 0.1) is 0 Å². The number of likely N-dealkylation sites (tertiary alicyclic amines) is 1. The number of hydrogen-bond acceptors (Lipinski definition) is 4. The second-order valence-corrected chi connectivity index (χ2v) is 5.42. The summed E-state index contributed by atoms with van der Waals surface area (Å²) in [4.78, 5) is 12.2. The van der Waals surface area contributed by atoms with Crippen LogP contribution in [0.4, 0.5) is 13.2 Å². The van der Waals surface area contributed by atoms with Crippen LogP contribution < -0.4 is 0 Å². The summed E-state index contributed by atoms with van der Waals surface area (Å²) in [6, 6.07) is -0.721. The van der Waals surface area contributed by atoms with E-state index in [1.807, 2.05) is 0 Å². The molecule has 3 fully saturated rings. The average molecular weight is 281 g/mol. The maximum atomic E-state index is 12.5. The van der Waals surface area contributed by atoms with Gasteiger partial charge in [0.05, 0.1) is 12.1 Å². The molecule has 19 heavy (non-hydrogen) atoms. The molecular formula is C11H14F3NO4. The Morgan fingerprint density at radius 1 is 1.32 bits per heavy atom. The Labute approximate surface area is 107 Å². The number of alkyl halides is 3. The molecule has 8 heteroatoms. The molecule has 0 N–H and O–H groups in total. The van der Waals surface area contributed by atoms with Crippen LogP contribution in [0.2, 0.25) is 0 Å². The summed E-state index contributed by atoms with van der Waals surface area (Å²) in [5.41, 5.74) is 0. The summed E-state index contributed by atoms with van der Waals surface area (Å²) in [7, 11) is 0. The Balaban J connectivity index is 1.82. The molecule has 0 bridgehead atoms. The van der Waals surface area contributed by atoms with Gasteiger partial charge in [-0.15, -0.1) is 0 Å². The van der Waals surface area contributed by atoms with Crippen molar-refractivity contribution in [3.8, 4) is 0 Å². The van der Waals surface area contributed by atoms with Crippen LogP contribution in [-0.4, -0.2) is 53.9 Å². The van der Waals surface area contributed by atoms with Crippen molar-refractivity contribution < 1.29 is 32.2 Å². The largest absolute Gasteiger partial charge is 0.471 e. The highest BCUT2D eigenvalue weighted by Gasteiger charge is 2.61. The molecule has 1 amide bonds. The van der Waals surface area contributed by atoms with E-state index in [2.05, 4.69) is 0 Å². The second-order valence-electron chi connectivity index (χ2n) is 5.42. The quantitative estimate of drug-likeness (QED) is 0.665. The van der Waals surface area contributed by atoms with Crippen molar-refractivity contribution in [3.63, 3.8) is 0 Å². The summed E-state index contributed by atoms with van der Waals surface area (Å²) in [6.45, 7) is 3.35. The summed E-state index contributed by atoms with van der Waals surface area (Å²) in [5, 5.41) is 0. The number of nitrogens with zero attached hydrogens (tertiary/aromatic N) is 1. The van der Waals surface area contributed by atoms with E-state index in [9.17, 15) is 18.0 Å². The molecule has 0 aromatic heterocycles. The standard InChI is InChI=1S/C11H14F3NO4/c1-10(2)18-7-6-5(17-8(7)19-10)3-4-15(6)9(16)11(12,13)14/h5-8H,3-4H2,1-2H3/t5-,6+,7-,8-/m1/s1. The van der Waals surface area contributed by atoms with Gasteiger partial charge in [-0.2, -0.15) is 13.2 Å². The van der Waals surface area contributed by atoms with E-state index in [1.165, 1.54) is 0 Å². The van der Waals surface area contributed by atoms with E-state index in [-0.39, 0.29) is 6.54 Å². The third kappa shape index (κ3) is 2.02. The van der Waals surface area contributed by atoms with E-state index >= 15 is 0 Å². The van der Waals surface area contributed by atoms with Gasteiger partial charge < -0.3 is 19.1 Å². The topological polar surface area (TPSA) is 48.0 Å². The van der Waals surface area contributed by atoms with Gasteiger partial charge in [-0.1, -0.05) is 0 Å². The van der Waals surface area contributed by atoms with Gasteiger partial charge in [0.15, 0.2) is 12.1 Å². The molecule has 0 aromatic rings. The highest BCUT2D eigenvalue weighted by Crippen LogP contribution is 2.43. The van der Waals surface area contributed by atoms with Crippen molar-refractivity contribution in [3.05, 3.63) is 0 Å². The maximum absolute atomic E-state index is 12.5. The molecular weight excluding hydrogens is 267 g/mol. The smallest absolute Gasteiger partial charge is 0.344 e. The fourth-order valence-corrected chi connectivity index (χ4v) is 2.99. The van der Waals surface area contributed by atoms with Crippen LogP contribution in [0.25, 0.3) is 0 Å². The lowest BCUT2D eigenvalue weighted by atomic mass is 10.1. The minimum absolute atomic E-state index is 0.0285. The predicted octanol–water partition coefficient (Wildman–Crippen LogP) is 1.03. The number of carbonyl (C=O) groups excluding carboxylic acids is 1. The molecule has 4 atom stereocenters. The maximum Gasteiger partial charge on any atom is 0.471 e. The molecule has 3 rings (SSSR count). The molecule has 0 unspecified atom stereocenters. The second kappa shape index (κ2) is 3.83. The Kier molecular flexibility index (Phi) is 2.65. The summed E-state index contributed by atoms with van der Waals surface area (Å²) in [6.07, 6.45) is -6.31. The van der Waals surface area contributed by atoms with Crippen LogP contribution in [0.1, 0.15) is 20.3 Å². The molecule has 3 aliphatic heterocycles. The van der Waals surface area contributed by atoms with Gasteiger partial charge in [0.1, 0.15) is 6.10 Å². The molecule has 108 valence electrons. The normalized spacial score (nSPS) is 40.4. The lowest BCUT2D eigenvalue weighted by Gasteiger charge is -2.28. The van der Waals surface area contributed by atoms with Crippen LogP contribution >= 0.6 is 0 Å². The van der Waals surface area contributed by atoms with Crippen molar-refractivity contribution >= 4 is 5.91 Å². The molecule has 3 heterocycles. The van der Waals surface area contributed by atoms with Gasteiger partial charge in [-0.05, 0) is 20.3 Å². The first-order chi connectivity index (χ1) is 8.69. The zero-order chi connectivity index (χ0) is 14.0. The summed E-state index contributed by atoms with van der Waals surface area (Å²) >= 11 is 0. The Morgan fingerprint density at radius 3 is 2.63 bits per heavy atom. The van der Waals surface area contributed by atoms with E-state index in [0.717, 1.165) is 4.90 Å². The Bertz CT molecular complexity index is 411. The van der Waals surface area contributed by atoms with Crippen LogP contribution in [-0.2, 0) is 19.0 Å². The average Bonchev–Trinajstić information content (AvgIpc) is 2.83. The molecule has 0 aromatic carbocycles. The van der Waals surface area contributed by atoms with E-state index in [0.29, 0.717) is 6.42 Å². The van der Waals surface area contributed by atoms with Crippen molar-refractivity contribution in [2.75, 3.05) is 6.54 Å². The Morgan fingerprint density at radius 2 is 2.00 bits per heavy atom. The van der Waals surface area contributed by atoms with Gasteiger partial charge in [0.25, 0.3) is 0 Å². The van der Waals surface area contributed by atoms with E-state index in [4.69, 9.17) is 14.2 Å². The first-order valence-electron chi connectivity index (χ1n) is 6.08.